The molecule has 2 rings (SSSR count). The van der Waals surface area contributed by atoms with Crippen LogP contribution >= 0.6 is 0 Å². The van der Waals surface area contributed by atoms with Crippen molar-refractivity contribution in [1.29, 1.82) is 0 Å². The summed E-state index contributed by atoms with van der Waals surface area (Å²) in [7, 11) is 0. The van der Waals surface area contributed by atoms with E-state index in [4.69, 9.17) is 6.42 Å². The fourth-order valence-corrected chi connectivity index (χ4v) is 1.76. The first kappa shape index (κ1) is 11.8. The molecular weight excluding hydrogens is 224 g/mol. The summed E-state index contributed by atoms with van der Waals surface area (Å²) in [4.78, 5) is 0. The number of aromatic hydroxyl groups is 1. The third-order valence-electron chi connectivity index (χ3n) is 2.75. The molecule has 1 N–H and O–H groups in total. The summed E-state index contributed by atoms with van der Waals surface area (Å²) in [6, 6.07) is 9.85. The van der Waals surface area contributed by atoms with Crippen LogP contribution in [0.1, 0.15) is 11.3 Å². The SMILES string of the molecule is C#CC#Cn1nc(C)c(C)c1-c1ccccc1O. The molecule has 0 spiro atoms. The van der Waals surface area contributed by atoms with Crippen molar-refractivity contribution >= 4 is 0 Å². The summed E-state index contributed by atoms with van der Waals surface area (Å²) in [5.41, 5.74) is 3.30. The number of hydrogen-bond acceptors (Lipinski definition) is 2. The molecule has 0 radical (unpaired) electrons. The van der Waals surface area contributed by atoms with Gasteiger partial charge in [-0.3, -0.25) is 0 Å². The predicted molar refractivity (Wildman–Crippen MR) is 70.8 cm³/mol. The van der Waals surface area contributed by atoms with Crippen molar-refractivity contribution in [1.82, 2.24) is 9.78 Å². The quantitative estimate of drug-likeness (QED) is 0.772. The molecule has 1 aromatic carbocycles. The van der Waals surface area contributed by atoms with E-state index in [1.54, 1.807) is 12.1 Å². The standard InChI is InChI=1S/C15H12N2O/c1-4-5-10-17-15(11(2)12(3)16-17)13-8-6-7-9-14(13)18/h1,6-9,18H,2-3H3. The highest BCUT2D eigenvalue weighted by Gasteiger charge is 2.15. The average Bonchev–Trinajstić information content (AvgIpc) is 2.64. The van der Waals surface area contributed by atoms with Crippen LogP contribution in [0.15, 0.2) is 24.3 Å². The number of rotatable bonds is 1. The molecule has 1 heterocycles. The molecule has 0 saturated carbocycles. The van der Waals surface area contributed by atoms with Crippen LogP contribution in [0, 0.1) is 38.2 Å². The van der Waals surface area contributed by atoms with Gasteiger partial charge in [0.25, 0.3) is 0 Å². The topological polar surface area (TPSA) is 38.0 Å². The number of phenolic OH excluding ortho intramolecular Hbond substituents is 1. The van der Waals surface area contributed by atoms with Gasteiger partial charge < -0.3 is 5.11 Å². The van der Waals surface area contributed by atoms with E-state index in [-0.39, 0.29) is 5.75 Å². The van der Waals surface area contributed by atoms with E-state index in [2.05, 4.69) is 23.0 Å². The van der Waals surface area contributed by atoms with E-state index in [1.807, 2.05) is 26.0 Å². The van der Waals surface area contributed by atoms with Crippen LogP contribution in [0.2, 0.25) is 0 Å². The Balaban J connectivity index is 2.71. The molecule has 2 aromatic rings. The predicted octanol–water partition coefficient (Wildman–Crippen LogP) is 2.31. The Morgan fingerprint density at radius 2 is 2.00 bits per heavy atom. The molecule has 18 heavy (non-hydrogen) atoms. The zero-order valence-electron chi connectivity index (χ0n) is 10.2. The molecular formula is C15H12N2O. The number of aryl methyl sites for hydroxylation is 1. The Hall–Kier alpha value is -2.65. The summed E-state index contributed by atoms with van der Waals surface area (Å²) in [5.74, 6) is 4.98. The van der Waals surface area contributed by atoms with Gasteiger partial charge in [0, 0.05) is 17.5 Å². The van der Waals surface area contributed by atoms with Crippen molar-refractivity contribution in [2.75, 3.05) is 0 Å². The molecule has 0 aliphatic heterocycles. The lowest BCUT2D eigenvalue weighted by Crippen LogP contribution is -1.95. The Kier molecular flexibility index (Phi) is 3.08. The lowest BCUT2D eigenvalue weighted by atomic mass is 10.1. The van der Waals surface area contributed by atoms with Crippen LogP contribution < -0.4 is 0 Å². The zero-order valence-corrected chi connectivity index (χ0v) is 10.2. The monoisotopic (exact) mass is 236 g/mol. The van der Waals surface area contributed by atoms with E-state index in [0.717, 1.165) is 17.0 Å². The molecule has 0 aliphatic carbocycles. The van der Waals surface area contributed by atoms with Gasteiger partial charge in [-0.1, -0.05) is 12.1 Å². The van der Waals surface area contributed by atoms with Crippen molar-refractivity contribution < 1.29 is 5.11 Å². The van der Waals surface area contributed by atoms with Crippen molar-refractivity contribution in [3.8, 4) is 41.3 Å². The van der Waals surface area contributed by atoms with Crippen molar-refractivity contribution in [2.45, 2.75) is 13.8 Å². The number of para-hydroxylation sites is 1. The molecule has 0 fully saturated rings. The molecule has 3 nitrogen and oxygen atoms in total. The van der Waals surface area contributed by atoms with Crippen molar-refractivity contribution in [3.05, 3.63) is 35.5 Å². The van der Waals surface area contributed by atoms with Crippen LogP contribution in [0.4, 0.5) is 0 Å². The summed E-state index contributed by atoms with van der Waals surface area (Å²) < 4.78 is 1.51. The maximum absolute atomic E-state index is 9.92. The highest BCUT2D eigenvalue weighted by atomic mass is 16.3. The van der Waals surface area contributed by atoms with E-state index >= 15 is 0 Å². The summed E-state index contributed by atoms with van der Waals surface area (Å²) >= 11 is 0. The van der Waals surface area contributed by atoms with Crippen LogP contribution in [0.3, 0.4) is 0 Å². The third kappa shape index (κ3) is 1.95. The normalized spacial score (nSPS) is 9.39. The Morgan fingerprint density at radius 1 is 1.28 bits per heavy atom. The van der Waals surface area contributed by atoms with Crippen LogP contribution in [0.5, 0.6) is 5.75 Å². The smallest absolute Gasteiger partial charge is 0.125 e. The zero-order chi connectivity index (χ0) is 13.1. The Bertz CT molecular complexity index is 694. The molecule has 0 amide bonds. The first-order valence-electron chi connectivity index (χ1n) is 5.46. The number of benzene rings is 1. The summed E-state index contributed by atoms with van der Waals surface area (Å²) in [5, 5.41) is 14.2. The minimum absolute atomic E-state index is 0.198. The average molecular weight is 236 g/mol. The molecule has 0 bridgehead atoms. The van der Waals surface area contributed by atoms with Gasteiger partial charge in [-0.25, -0.2) is 0 Å². The summed E-state index contributed by atoms with van der Waals surface area (Å²) in [6.07, 6.45) is 5.13. The minimum Gasteiger partial charge on any atom is -0.507 e. The van der Waals surface area contributed by atoms with Gasteiger partial charge in [0.15, 0.2) is 0 Å². The van der Waals surface area contributed by atoms with Crippen LogP contribution in [-0.4, -0.2) is 14.9 Å². The molecule has 0 aliphatic rings. The lowest BCUT2D eigenvalue weighted by molar-refractivity contribution is 0.477. The van der Waals surface area contributed by atoms with Gasteiger partial charge in [-0.15, -0.1) is 6.42 Å². The Labute approximate surface area is 106 Å². The largest absolute Gasteiger partial charge is 0.507 e. The van der Waals surface area contributed by atoms with Crippen molar-refractivity contribution in [2.24, 2.45) is 0 Å². The Morgan fingerprint density at radius 3 is 2.67 bits per heavy atom. The first-order chi connectivity index (χ1) is 8.65. The maximum Gasteiger partial charge on any atom is 0.125 e. The number of nitrogens with zero attached hydrogens (tertiary/aromatic N) is 2. The minimum atomic E-state index is 0.198. The van der Waals surface area contributed by atoms with Gasteiger partial charge in [-0.2, -0.15) is 9.78 Å². The second-order valence-corrected chi connectivity index (χ2v) is 3.87. The van der Waals surface area contributed by atoms with E-state index in [0.29, 0.717) is 5.56 Å². The summed E-state index contributed by atoms with van der Waals surface area (Å²) in [6.45, 7) is 3.84. The van der Waals surface area contributed by atoms with Gasteiger partial charge in [-0.05, 0) is 37.5 Å². The number of aromatic nitrogens is 2. The van der Waals surface area contributed by atoms with Gasteiger partial charge >= 0.3 is 0 Å². The maximum atomic E-state index is 9.92. The van der Waals surface area contributed by atoms with Gasteiger partial charge in [0.05, 0.1) is 11.4 Å². The third-order valence-corrected chi connectivity index (χ3v) is 2.75. The lowest BCUT2D eigenvalue weighted by Gasteiger charge is -2.05. The molecule has 1 aromatic heterocycles. The molecule has 3 heteroatoms. The molecule has 0 unspecified atom stereocenters. The first-order valence-corrected chi connectivity index (χ1v) is 5.46. The highest BCUT2D eigenvalue weighted by molar-refractivity contribution is 5.71. The van der Waals surface area contributed by atoms with E-state index in [1.165, 1.54) is 4.68 Å². The van der Waals surface area contributed by atoms with Crippen LogP contribution in [-0.2, 0) is 0 Å². The van der Waals surface area contributed by atoms with Gasteiger partial charge in [0.1, 0.15) is 5.75 Å². The fourth-order valence-electron chi connectivity index (χ4n) is 1.76. The van der Waals surface area contributed by atoms with E-state index in [9.17, 15) is 5.11 Å². The number of hydrogen-bond donors (Lipinski definition) is 1. The molecule has 0 atom stereocenters. The van der Waals surface area contributed by atoms with Gasteiger partial charge in [0.2, 0.25) is 0 Å². The van der Waals surface area contributed by atoms with Crippen LogP contribution in [0.25, 0.3) is 11.3 Å². The highest BCUT2D eigenvalue weighted by Crippen LogP contribution is 2.31. The second kappa shape index (κ2) is 4.69. The van der Waals surface area contributed by atoms with E-state index < -0.39 is 0 Å². The second-order valence-electron chi connectivity index (χ2n) is 3.87. The fraction of sp³-hybridized carbons (Fsp3) is 0.133. The molecule has 88 valence electrons. The van der Waals surface area contributed by atoms with Crippen molar-refractivity contribution in [3.63, 3.8) is 0 Å². The number of phenols is 1. The number of terminal acetylenes is 1. The molecule has 0 saturated heterocycles.